The molecule has 0 aliphatic carbocycles. The number of hydrogen-bond donors (Lipinski definition) is 3. The smallest absolute Gasteiger partial charge is 0.257 e. The second kappa shape index (κ2) is 5.39. The van der Waals surface area contributed by atoms with Crippen LogP contribution in [0.25, 0.3) is 0 Å². The number of aliphatic imine (C=N–C) groups is 1. The normalized spacial score (nSPS) is 19.3. The number of carbonyl (C=O) groups excluding carboxylic acids is 1. The van der Waals surface area contributed by atoms with Crippen LogP contribution in [0, 0.1) is 0 Å². The molecule has 0 saturated carbocycles. The van der Waals surface area contributed by atoms with Gasteiger partial charge in [-0.05, 0) is 36.3 Å². The van der Waals surface area contributed by atoms with Gasteiger partial charge < -0.3 is 10.6 Å². The predicted octanol–water partition coefficient (Wildman–Crippen LogP) is 0.488. The summed E-state index contributed by atoms with van der Waals surface area (Å²) < 4.78 is 22.4. The average Bonchev–Trinajstić information content (AvgIpc) is 2.80. The molecule has 1 aromatic rings. The molecule has 4 N–H and O–H groups in total. The van der Waals surface area contributed by atoms with Crippen LogP contribution in [0.4, 0.5) is 5.69 Å². The van der Waals surface area contributed by atoms with Crippen LogP contribution in [0.3, 0.4) is 0 Å². The first kappa shape index (κ1) is 14.5. The molecule has 114 valence electrons. The van der Waals surface area contributed by atoms with Crippen molar-refractivity contribution < 1.29 is 13.2 Å². The van der Waals surface area contributed by atoms with E-state index in [1.54, 1.807) is 24.5 Å². The monoisotopic (exact) mass is 318 g/mol. The minimum atomic E-state index is -3.70. The van der Waals surface area contributed by atoms with Crippen molar-refractivity contribution in [2.45, 2.75) is 11.3 Å². The molecule has 0 bridgehead atoms. The number of allylic oxidation sites excluding steroid dienone is 1. The first-order valence-electron chi connectivity index (χ1n) is 6.59. The van der Waals surface area contributed by atoms with E-state index in [4.69, 9.17) is 5.14 Å². The van der Waals surface area contributed by atoms with Crippen molar-refractivity contribution in [3.05, 3.63) is 47.3 Å². The first-order chi connectivity index (χ1) is 10.4. The minimum absolute atomic E-state index is 0.0396. The maximum atomic E-state index is 11.9. The van der Waals surface area contributed by atoms with Crippen molar-refractivity contribution >= 4 is 27.8 Å². The molecule has 0 radical (unpaired) electrons. The Morgan fingerprint density at radius 2 is 2.00 bits per heavy atom. The summed E-state index contributed by atoms with van der Waals surface area (Å²) in [7, 11) is -3.70. The molecule has 1 aromatic carbocycles. The highest BCUT2D eigenvalue weighted by atomic mass is 32.2. The molecule has 8 heteroatoms. The SMILES string of the molecule is NS(=O)(=O)c1ccc(NC=C2C(=O)NC3=C2CCN=C3)cc1. The zero-order valence-electron chi connectivity index (χ0n) is 11.5. The fourth-order valence-electron chi connectivity index (χ4n) is 2.31. The van der Waals surface area contributed by atoms with Crippen molar-refractivity contribution in [1.82, 2.24) is 5.32 Å². The number of benzene rings is 1. The van der Waals surface area contributed by atoms with Gasteiger partial charge in [-0.15, -0.1) is 0 Å². The van der Waals surface area contributed by atoms with Crippen LogP contribution in [-0.2, 0) is 14.8 Å². The van der Waals surface area contributed by atoms with E-state index in [0.717, 1.165) is 11.3 Å². The summed E-state index contributed by atoms with van der Waals surface area (Å²) in [4.78, 5) is 16.1. The summed E-state index contributed by atoms with van der Waals surface area (Å²) in [6, 6.07) is 5.98. The second-order valence-electron chi connectivity index (χ2n) is 4.90. The quantitative estimate of drug-likeness (QED) is 0.704. The third kappa shape index (κ3) is 2.78. The predicted molar refractivity (Wildman–Crippen MR) is 82.7 cm³/mol. The largest absolute Gasteiger partial charge is 0.361 e. The Bertz CT molecular complexity index is 820. The lowest BCUT2D eigenvalue weighted by Crippen LogP contribution is -2.17. The lowest BCUT2D eigenvalue weighted by atomic mass is 10.0. The number of rotatable bonds is 3. The fraction of sp³-hybridized carbons (Fsp3) is 0.143. The van der Waals surface area contributed by atoms with Crippen molar-refractivity contribution in [2.75, 3.05) is 11.9 Å². The van der Waals surface area contributed by atoms with Crippen molar-refractivity contribution in [2.24, 2.45) is 10.1 Å². The zero-order chi connectivity index (χ0) is 15.7. The second-order valence-corrected chi connectivity index (χ2v) is 6.46. The standard InChI is InChI=1S/C14H14N4O3S/c15-22(20,21)10-3-1-9(2-4-10)17-7-12-11-5-6-16-8-13(11)18-14(12)19/h1-4,7-8,17H,5-6H2,(H,18,19)(H2,15,20,21). The zero-order valence-corrected chi connectivity index (χ0v) is 12.4. The van der Waals surface area contributed by atoms with E-state index in [2.05, 4.69) is 15.6 Å². The van der Waals surface area contributed by atoms with E-state index in [0.29, 0.717) is 24.2 Å². The number of sulfonamides is 1. The molecule has 2 aliphatic rings. The highest BCUT2D eigenvalue weighted by Gasteiger charge is 2.27. The van der Waals surface area contributed by atoms with Crippen molar-refractivity contribution in [3.63, 3.8) is 0 Å². The van der Waals surface area contributed by atoms with Crippen LogP contribution in [0.1, 0.15) is 6.42 Å². The number of anilines is 1. The van der Waals surface area contributed by atoms with Gasteiger partial charge in [-0.25, -0.2) is 13.6 Å². The lowest BCUT2D eigenvalue weighted by Gasteiger charge is -2.07. The molecule has 2 heterocycles. The van der Waals surface area contributed by atoms with E-state index >= 15 is 0 Å². The van der Waals surface area contributed by atoms with Crippen LogP contribution >= 0.6 is 0 Å². The van der Waals surface area contributed by atoms with Crippen LogP contribution in [-0.4, -0.2) is 27.1 Å². The summed E-state index contributed by atoms with van der Waals surface area (Å²) in [5.74, 6) is -0.174. The maximum Gasteiger partial charge on any atom is 0.257 e. The third-order valence-electron chi connectivity index (χ3n) is 3.42. The Morgan fingerprint density at radius 1 is 1.27 bits per heavy atom. The third-order valence-corrected chi connectivity index (χ3v) is 4.35. The number of nitrogens with two attached hydrogens (primary N) is 1. The highest BCUT2D eigenvalue weighted by Crippen LogP contribution is 2.26. The highest BCUT2D eigenvalue weighted by molar-refractivity contribution is 7.89. The van der Waals surface area contributed by atoms with Gasteiger partial charge in [0, 0.05) is 24.6 Å². The molecule has 0 aromatic heterocycles. The van der Waals surface area contributed by atoms with Gasteiger partial charge >= 0.3 is 0 Å². The van der Waals surface area contributed by atoms with Gasteiger partial charge in [0.05, 0.1) is 16.2 Å². The molecular formula is C14H14N4O3S. The molecular weight excluding hydrogens is 304 g/mol. The molecule has 0 fully saturated rings. The Balaban J connectivity index is 1.81. The molecule has 22 heavy (non-hydrogen) atoms. The van der Waals surface area contributed by atoms with Crippen LogP contribution in [0.15, 0.2) is 57.2 Å². The molecule has 1 amide bonds. The lowest BCUT2D eigenvalue weighted by molar-refractivity contribution is -0.115. The number of nitrogens with one attached hydrogen (secondary N) is 2. The molecule has 2 aliphatic heterocycles. The van der Waals surface area contributed by atoms with E-state index < -0.39 is 10.0 Å². The fourth-order valence-corrected chi connectivity index (χ4v) is 2.82. The maximum absolute atomic E-state index is 11.9. The Kier molecular flexibility index (Phi) is 3.55. The molecule has 0 saturated heterocycles. The molecule has 0 atom stereocenters. The summed E-state index contributed by atoms with van der Waals surface area (Å²) in [6.07, 6.45) is 3.99. The molecule has 0 unspecified atom stereocenters. The van der Waals surface area contributed by atoms with Gasteiger partial charge in [0.2, 0.25) is 10.0 Å². The number of carbonyl (C=O) groups is 1. The average molecular weight is 318 g/mol. The van der Waals surface area contributed by atoms with Gasteiger partial charge in [-0.3, -0.25) is 9.79 Å². The van der Waals surface area contributed by atoms with Gasteiger partial charge in [0.25, 0.3) is 5.91 Å². The topological polar surface area (TPSA) is 114 Å². The van der Waals surface area contributed by atoms with Crippen molar-refractivity contribution in [3.8, 4) is 0 Å². The number of primary sulfonamides is 1. The van der Waals surface area contributed by atoms with Gasteiger partial charge in [0.1, 0.15) is 0 Å². The summed E-state index contributed by atoms with van der Waals surface area (Å²) in [6.45, 7) is 0.661. The van der Waals surface area contributed by atoms with Gasteiger partial charge in [-0.2, -0.15) is 0 Å². The number of dihydropyridines is 1. The van der Waals surface area contributed by atoms with Gasteiger partial charge in [0.15, 0.2) is 0 Å². The number of amides is 1. The van der Waals surface area contributed by atoms with Crippen LogP contribution in [0.2, 0.25) is 0 Å². The van der Waals surface area contributed by atoms with E-state index in [1.807, 2.05) is 0 Å². The molecule has 7 nitrogen and oxygen atoms in total. The first-order valence-corrected chi connectivity index (χ1v) is 8.14. The Labute approximate surface area is 127 Å². The van der Waals surface area contributed by atoms with Crippen LogP contribution < -0.4 is 15.8 Å². The number of nitrogens with zero attached hydrogens (tertiary/aromatic N) is 1. The Morgan fingerprint density at radius 3 is 2.68 bits per heavy atom. The summed E-state index contributed by atoms with van der Waals surface area (Å²) in [5.41, 5.74) is 2.91. The van der Waals surface area contributed by atoms with E-state index in [1.165, 1.54) is 12.1 Å². The van der Waals surface area contributed by atoms with E-state index in [9.17, 15) is 13.2 Å². The molecule has 0 spiro atoms. The van der Waals surface area contributed by atoms with Crippen LogP contribution in [0.5, 0.6) is 0 Å². The Hall–Kier alpha value is -2.45. The van der Waals surface area contributed by atoms with Gasteiger partial charge in [-0.1, -0.05) is 0 Å². The minimum Gasteiger partial charge on any atom is -0.361 e. The van der Waals surface area contributed by atoms with Crippen molar-refractivity contribution in [1.29, 1.82) is 0 Å². The molecule has 3 rings (SSSR count). The number of hydrogen-bond acceptors (Lipinski definition) is 5. The summed E-state index contributed by atoms with van der Waals surface area (Å²) >= 11 is 0. The van der Waals surface area contributed by atoms with E-state index in [-0.39, 0.29) is 10.8 Å². The summed E-state index contributed by atoms with van der Waals surface area (Å²) in [5, 5.41) is 10.8.